The average Bonchev–Trinajstić information content (AvgIpc) is 3.32. The highest BCUT2D eigenvalue weighted by molar-refractivity contribution is 5.92. The fourth-order valence-corrected chi connectivity index (χ4v) is 1.96. The number of aliphatic imine (C=N–C) groups is 1. The molecule has 154 valence electrons. The Hall–Kier alpha value is -2.96. The first-order valence-electron chi connectivity index (χ1n) is 9.19. The molecule has 0 unspecified atom stereocenters. The van der Waals surface area contributed by atoms with Crippen LogP contribution in [0, 0.1) is 41.5 Å². The van der Waals surface area contributed by atoms with Gasteiger partial charge in [-0.15, -0.1) is 0 Å². The molecule has 3 N–H and O–H groups in total. The maximum absolute atomic E-state index is 3.96. The quantitative estimate of drug-likeness (QED) is 0.528. The van der Waals surface area contributed by atoms with E-state index in [9.17, 15) is 0 Å². The molecule has 0 aliphatic rings. The highest BCUT2D eigenvalue weighted by Gasteiger charge is 1.85. The molecule has 28 heavy (non-hydrogen) atoms. The number of H-pyrrole nitrogens is 3. The summed E-state index contributed by atoms with van der Waals surface area (Å²) in [6.07, 6.45) is 7.58. The summed E-state index contributed by atoms with van der Waals surface area (Å²) in [5.74, 6) is 1.97. The van der Waals surface area contributed by atoms with Crippen LogP contribution in [0.5, 0.6) is 0 Å². The maximum Gasteiger partial charge on any atom is 0.103 e. The summed E-state index contributed by atoms with van der Waals surface area (Å²) in [4.78, 5) is 17.9. The fourth-order valence-electron chi connectivity index (χ4n) is 1.96. The predicted octanol–water partition coefficient (Wildman–Crippen LogP) is 4.73. The van der Waals surface area contributed by atoms with Crippen molar-refractivity contribution in [1.82, 2.24) is 30.1 Å². The second-order valence-corrected chi connectivity index (χ2v) is 6.36. The van der Waals surface area contributed by atoms with E-state index in [4.69, 9.17) is 0 Å². The van der Waals surface area contributed by atoms with E-state index in [1.165, 1.54) is 0 Å². The number of nitrogens with one attached hydrogen (secondary N) is 3. The smallest absolute Gasteiger partial charge is 0.103 e. The number of imidazole rings is 2. The van der Waals surface area contributed by atoms with E-state index in [2.05, 4.69) is 35.1 Å². The van der Waals surface area contributed by atoms with E-state index in [0.29, 0.717) is 0 Å². The molecule has 0 radical (unpaired) electrons. The zero-order valence-corrected chi connectivity index (χ0v) is 18.7. The van der Waals surface area contributed by atoms with Crippen LogP contribution in [0.3, 0.4) is 0 Å². The fraction of sp³-hybridized carbons (Fsp3) is 0.429. The number of aryl methyl sites for hydroxylation is 6. The van der Waals surface area contributed by atoms with Crippen LogP contribution >= 0.6 is 0 Å². The molecule has 0 aromatic carbocycles. The van der Waals surface area contributed by atoms with Crippen molar-refractivity contribution in [3.05, 3.63) is 65.0 Å². The molecule has 0 bridgehead atoms. The third-order valence-electron chi connectivity index (χ3n) is 3.25. The normalized spacial score (nSPS) is 10.4. The van der Waals surface area contributed by atoms with Crippen LogP contribution in [-0.2, 0) is 0 Å². The molecule has 7 nitrogen and oxygen atoms in total. The van der Waals surface area contributed by atoms with Crippen molar-refractivity contribution < 1.29 is 0 Å². The highest BCUT2D eigenvalue weighted by Crippen LogP contribution is 1.92. The summed E-state index contributed by atoms with van der Waals surface area (Å²) in [7, 11) is 1.79. The number of hydrogen-bond donors (Lipinski definition) is 3. The summed E-state index contributed by atoms with van der Waals surface area (Å²) >= 11 is 0. The molecule has 0 saturated carbocycles. The van der Waals surface area contributed by atoms with E-state index in [-0.39, 0.29) is 0 Å². The van der Waals surface area contributed by atoms with Crippen molar-refractivity contribution in [2.45, 2.75) is 55.4 Å². The molecular formula is C21H35N7. The van der Waals surface area contributed by atoms with Gasteiger partial charge in [-0.2, -0.15) is 5.10 Å². The Balaban J connectivity index is 0.000000347. The minimum atomic E-state index is 0.984. The molecule has 3 heterocycles. The van der Waals surface area contributed by atoms with Crippen molar-refractivity contribution in [2.75, 3.05) is 7.05 Å². The van der Waals surface area contributed by atoms with Gasteiger partial charge in [-0.3, -0.25) is 10.1 Å². The van der Waals surface area contributed by atoms with Crippen LogP contribution in [0.4, 0.5) is 0 Å². The first-order chi connectivity index (χ1) is 13.2. The van der Waals surface area contributed by atoms with Gasteiger partial charge in [-0.1, -0.05) is 6.08 Å². The Morgan fingerprint density at radius 3 is 1.50 bits per heavy atom. The Kier molecular flexibility index (Phi) is 12.6. The molecule has 0 aliphatic carbocycles. The average molecular weight is 386 g/mol. The third-order valence-corrected chi connectivity index (χ3v) is 3.25. The Bertz CT molecular complexity index is 694. The second-order valence-electron chi connectivity index (χ2n) is 6.36. The van der Waals surface area contributed by atoms with E-state index in [1.807, 2.05) is 86.0 Å². The summed E-state index contributed by atoms with van der Waals surface area (Å²) in [5.41, 5.74) is 5.49. The van der Waals surface area contributed by atoms with Crippen LogP contribution in [0.1, 0.15) is 48.3 Å². The van der Waals surface area contributed by atoms with Crippen molar-refractivity contribution >= 4 is 5.71 Å². The molecule has 0 fully saturated rings. The lowest BCUT2D eigenvalue weighted by atomic mass is 10.4. The first kappa shape index (κ1) is 25.0. The van der Waals surface area contributed by atoms with Gasteiger partial charge in [0.1, 0.15) is 11.6 Å². The molecule has 3 aromatic heterocycles. The minimum Gasteiger partial charge on any atom is -0.346 e. The van der Waals surface area contributed by atoms with Gasteiger partial charge >= 0.3 is 0 Å². The molecule has 0 amide bonds. The van der Waals surface area contributed by atoms with Crippen LogP contribution in [0.2, 0.25) is 0 Å². The van der Waals surface area contributed by atoms with Crippen molar-refractivity contribution in [3.63, 3.8) is 0 Å². The number of aromatic nitrogens is 6. The maximum atomic E-state index is 3.96. The molecule has 0 aliphatic heterocycles. The number of nitrogens with zero attached hydrogens (tertiary/aromatic N) is 4. The Morgan fingerprint density at radius 1 is 0.893 bits per heavy atom. The van der Waals surface area contributed by atoms with Gasteiger partial charge in [0, 0.05) is 42.2 Å². The van der Waals surface area contributed by atoms with Gasteiger partial charge in [-0.05, 0) is 67.5 Å². The molecule has 0 atom stereocenters. The summed E-state index contributed by atoms with van der Waals surface area (Å²) < 4.78 is 0. The number of allylic oxidation sites excluding steroid dienone is 2. The first-order valence-corrected chi connectivity index (χ1v) is 9.19. The molecule has 3 aromatic rings. The minimum absolute atomic E-state index is 0.984. The number of rotatable bonds is 1. The molecule has 7 heteroatoms. The lowest BCUT2D eigenvalue weighted by Crippen LogP contribution is -1.79. The number of hydrogen-bond acceptors (Lipinski definition) is 4. The van der Waals surface area contributed by atoms with E-state index < -0.39 is 0 Å². The van der Waals surface area contributed by atoms with Gasteiger partial charge < -0.3 is 9.97 Å². The largest absolute Gasteiger partial charge is 0.346 e. The molecule has 0 spiro atoms. The van der Waals surface area contributed by atoms with Crippen LogP contribution in [0.25, 0.3) is 0 Å². The predicted molar refractivity (Wildman–Crippen MR) is 118 cm³/mol. The van der Waals surface area contributed by atoms with E-state index >= 15 is 0 Å². The van der Waals surface area contributed by atoms with Crippen LogP contribution < -0.4 is 0 Å². The van der Waals surface area contributed by atoms with Crippen molar-refractivity contribution in [1.29, 1.82) is 0 Å². The van der Waals surface area contributed by atoms with Crippen molar-refractivity contribution in [3.8, 4) is 0 Å². The summed E-state index contributed by atoms with van der Waals surface area (Å²) in [6, 6.07) is 2.00. The highest BCUT2D eigenvalue weighted by atomic mass is 15.1. The van der Waals surface area contributed by atoms with Gasteiger partial charge in [0.05, 0.1) is 5.69 Å². The van der Waals surface area contributed by atoms with E-state index in [1.54, 1.807) is 7.05 Å². The van der Waals surface area contributed by atoms with Crippen LogP contribution in [0.15, 0.2) is 35.6 Å². The zero-order valence-electron chi connectivity index (χ0n) is 18.7. The lowest BCUT2D eigenvalue weighted by molar-refractivity contribution is 1.02. The monoisotopic (exact) mass is 385 g/mol. The van der Waals surface area contributed by atoms with Gasteiger partial charge in [0.25, 0.3) is 0 Å². The molecule has 3 rings (SSSR count). The van der Waals surface area contributed by atoms with Gasteiger partial charge in [0.15, 0.2) is 0 Å². The Morgan fingerprint density at radius 2 is 1.39 bits per heavy atom. The van der Waals surface area contributed by atoms with Crippen LogP contribution in [-0.4, -0.2) is 42.9 Å². The molecule has 0 saturated heterocycles. The summed E-state index contributed by atoms with van der Waals surface area (Å²) in [5, 5.41) is 6.71. The Labute approximate surface area is 168 Å². The SMILES string of the molecule is C/C=C/C(C)=NC.Cc1cc(C)[nH]n1.Cc1cnc(C)[nH]1.Cc1cnc(C)[nH]1. The standard InChI is InChI=1S/C6H11N.3C5H8N2/c1-4-5-6(2)7-3;2*1-4-3-6-5(2)7-4;1-4-3-5(2)7-6-4/h4-5H,1-3H3;3*3H,1-2H3,(H,6,7)/b5-4+,7-6?;;;. The van der Waals surface area contributed by atoms with Gasteiger partial charge in [-0.25, -0.2) is 9.97 Å². The zero-order chi connectivity index (χ0) is 21.5. The molecular weight excluding hydrogens is 350 g/mol. The lowest BCUT2D eigenvalue weighted by Gasteiger charge is -1.80. The van der Waals surface area contributed by atoms with Crippen molar-refractivity contribution in [2.24, 2.45) is 4.99 Å². The topological polar surface area (TPSA) is 98.4 Å². The van der Waals surface area contributed by atoms with E-state index in [0.717, 1.165) is 40.1 Å². The second kappa shape index (κ2) is 14.1. The third kappa shape index (κ3) is 13.3. The van der Waals surface area contributed by atoms with Gasteiger partial charge in [0.2, 0.25) is 0 Å². The number of aromatic amines is 3. The summed E-state index contributed by atoms with van der Waals surface area (Å²) in [6.45, 7) is 15.7.